The Kier molecular flexibility index (Phi) is 5.00. The minimum Gasteiger partial charge on any atom is -0.300 e. The van der Waals surface area contributed by atoms with Gasteiger partial charge in [0, 0.05) is 12.6 Å². The summed E-state index contributed by atoms with van der Waals surface area (Å²) in [6, 6.07) is 9.63. The summed E-state index contributed by atoms with van der Waals surface area (Å²) < 4.78 is 0. The van der Waals surface area contributed by atoms with Crippen LogP contribution >= 0.6 is 0 Å². The lowest BCUT2D eigenvalue weighted by Gasteiger charge is -2.35. The molecule has 1 unspecified atom stereocenters. The molecule has 0 amide bonds. The van der Waals surface area contributed by atoms with Gasteiger partial charge in [-0.25, -0.2) is 0 Å². The summed E-state index contributed by atoms with van der Waals surface area (Å²) >= 11 is 0. The van der Waals surface area contributed by atoms with Crippen molar-refractivity contribution in [1.82, 2.24) is 4.90 Å². The molecule has 1 atom stereocenters. The highest BCUT2D eigenvalue weighted by molar-refractivity contribution is 5.47. The summed E-state index contributed by atoms with van der Waals surface area (Å²) in [5.74, 6) is 0. The molecule has 1 heteroatoms. The number of rotatable bonds is 5. The number of piperidine rings is 1. The summed E-state index contributed by atoms with van der Waals surface area (Å²) in [7, 11) is 0. The number of benzene rings is 1. The molecule has 0 N–H and O–H groups in total. The highest BCUT2D eigenvalue weighted by Crippen LogP contribution is 2.19. The molecule has 98 valence electrons. The second-order valence-corrected chi connectivity index (χ2v) is 5.29. The maximum absolute atomic E-state index is 3.79. The quantitative estimate of drug-likeness (QED) is 0.751. The fourth-order valence-electron chi connectivity index (χ4n) is 2.91. The highest BCUT2D eigenvalue weighted by Gasteiger charge is 2.19. The molecule has 1 aromatic carbocycles. The van der Waals surface area contributed by atoms with Gasteiger partial charge in [0.15, 0.2) is 0 Å². The fourth-order valence-corrected chi connectivity index (χ4v) is 2.91. The SMILES string of the molecule is C=Cc1ccc(CCN2CCCCC2CC)cc1. The first kappa shape index (κ1) is 13.4. The molecule has 1 saturated heterocycles. The Morgan fingerprint density at radius 1 is 1.28 bits per heavy atom. The van der Waals surface area contributed by atoms with Gasteiger partial charge in [-0.15, -0.1) is 0 Å². The van der Waals surface area contributed by atoms with Crippen molar-refractivity contribution < 1.29 is 0 Å². The van der Waals surface area contributed by atoms with Crippen LogP contribution in [0.1, 0.15) is 43.7 Å². The van der Waals surface area contributed by atoms with E-state index in [4.69, 9.17) is 0 Å². The van der Waals surface area contributed by atoms with Crippen LogP contribution in [0.2, 0.25) is 0 Å². The highest BCUT2D eigenvalue weighted by atomic mass is 15.2. The molecule has 1 fully saturated rings. The molecule has 18 heavy (non-hydrogen) atoms. The first-order valence-corrected chi connectivity index (χ1v) is 7.29. The third-order valence-corrected chi connectivity index (χ3v) is 4.12. The molecule has 1 heterocycles. The molecule has 0 saturated carbocycles. The van der Waals surface area contributed by atoms with E-state index in [1.165, 1.54) is 56.3 Å². The van der Waals surface area contributed by atoms with E-state index >= 15 is 0 Å². The van der Waals surface area contributed by atoms with E-state index < -0.39 is 0 Å². The van der Waals surface area contributed by atoms with Crippen LogP contribution in [0.25, 0.3) is 6.08 Å². The second-order valence-electron chi connectivity index (χ2n) is 5.29. The molecule has 0 aromatic heterocycles. The normalized spacial score (nSPS) is 20.8. The number of likely N-dealkylation sites (tertiary alicyclic amines) is 1. The van der Waals surface area contributed by atoms with Crippen molar-refractivity contribution in [2.24, 2.45) is 0 Å². The van der Waals surface area contributed by atoms with Crippen molar-refractivity contribution in [1.29, 1.82) is 0 Å². The second kappa shape index (κ2) is 6.75. The summed E-state index contributed by atoms with van der Waals surface area (Å²) in [6.45, 7) is 8.62. The lowest BCUT2D eigenvalue weighted by Crippen LogP contribution is -2.40. The molecule has 1 aromatic rings. The van der Waals surface area contributed by atoms with Crippen molar-refractivity contribution in [2.45, 2.75) is 45.1 Å². The molecular weight excluding hydrogens is 218 g/mol. The van der Waals surface area contributed by atoms with Crippen LogP contribution in [-0.4, -0.2) is 24.0 Å². The van der Waals surface area contributed by atoms with Crippen molar-refractivity contribution in [3.8, 4) is 0 Å². The van der Waals surface area contributed by atoms with Gasteiger partial charge in [0.25, 0.3) is 0 Å². The van der Waals surface area contributed by atoms with Gasteiger partial charge in [-0.3, -0.25) is 0 Å². The van der Waals surface area contributed by atoms with E-state index in [0.29, 0.717) is 0 Å². The Morgan fingerprint density at radius 3 is 2.72 bits per heavy atom. The molecule has 0 bridgehead atoms. The van der Waals surface area contributed by atoms with Crippen LogP contribution < -0.4 is 0 Å². The van der Waals surface area contributed by atoms with Crippen LogP contribution in [-0.2, 0) is 6.42 Å². The topological polar surface area (TPSA) is 3.24 Å². The number of hydrogen-bond donors (Lipinski definition) is 0. The maximum atomic E-state index is 3.79. The van der Waals surface area contributed by atoms with E-state index in [1.54, 1.807) is 0 Å². The summed E-state index contributed by atoms with van der Waals surface area (Å²) in [5.41, 5.74) is 2.66. The van der Waals surface area contributed by atoms with Gasteiger partial charge in [-0.05, 0) is 43.4 Å². The van der Waals surface area contributed by atoms with Crippen LogP contribution in [0, 0.1) is 0 Å². The Bertz CT molecular complexity index is 366. The maximum Gasteiger partial charge on any atom is 0.00927 e. The van der Waals surface area contributed by atoms with Gasteiger partial charge in [0.1, 0.15) is 0 Å². The van der Waals surface area contributed by atoms with Gasteiger partial charge < -0.3 is 4.90 Å². The molecule has 0 aliphatic carbocycles. The molecule has 1 aliphatic rings. The minimum atomic E-state index is 0.825. The molecule has 1 nitrogen and oxygen atoms in total. The van der Waals surface area contributed by atoms with Crippen molar-refractivity contribution in [3.63, 3.8) is 0 Å². The van der Waals surface area contributed by atoms with E-state index in [1.807, 2.05) is 6.08 Å². The smallest absolute Gasteiger partial charge is 0.00927 e. The van der Waals surface area contributed by atoms with Crippen molar-refractivity contribution >= 4 is 6.08 Å². The van der Waals surface area contributed by atoms with Gasteiger partial charge in [-0.2, -0.15) is 0 Å². The number of nitrogens with zero attached hydrogens (tertiary/aromatic N) is 1. The predicted octanol–water partition coefficient (Wildman–Crippen LogP) is 4.14. The van der Waals surface area contributed by atoms with E-state index in [2.05, 4.69) is 42.7 Å². The lowest BCUT2D eigenvalue weighted by atomic mass is 9.99. The minimum absolute atomic E-state index is 0.825. The monoisotopic (exact) mass is 243 g/mol. The largest absolute Gasteiger partial charge is 0.300 e. The van der Waals surface area contributed by atoms with Crippen LogP contribution in [0.4, 0.5) is 0 Å². The van der Waals surface area contributed by atoms with Gasteiger partial charge in [0.05, 0.1) is 0 Å². The number of hydrogen-bond acceptors (Lipinski definition) is 1. The first-order valence-electron chi connectivity index (χ1n) is 7.29. The third kappa shape index (κ3) is 3.46. The van der Waals surface area contributed by atoms with Gasteiger partial charge in [-0.1, -0.05) is 50.3 Å². The first-order chi connectivity index (χ1) is 8.83. The van der Waals surface area contributed by atoms with Crippen LogP contribution in [0.15, 0.2) is 30.8 Å². The zero-order valence-electron chi connectivity index (χ0n) is 11.6. The molecule has 0 radical (unpaired) electrons. The third-order valence-electron chi connectivity index (χ3n) is 4.12. The molecule has 2 rings (SSSR count). The van der Waals surface area contributed by atoms with Gasteiger partial charge >= 0.3 is 0 Å². The van der Waals surface area contributed by atoms with E-state index in [-0.39, 0.29) is 0 Å². The van der Waals surface area contributed by atoms with Crippen molar-refractivity contribution in [3.05, 3.63) is 42.0 Å². The molecular formula is C17H25N. The summed E-state index contributed by atoms with van der Waals surface area (Å²) in [4.78, 5) is 2.69. The lowest BCUT2D eigenvalue weighted by molar-refractivity contribution is 0.146. The van der Waals surface area contributed by atoms with Crippen LogP contribution in [0.5, 0.6) is 0 Å². The van der Waals surface area contributed by atoms with Crippen molar-refractivity contribution in [2.75, 3.05) is 13.1 Å². The Balaban J connectivity index is 1.87. The molecule has 0 spiro atoms. The zero-order valence-corrected chi connectivity index (χ0v) is 11.6. The van der Waals surface area contributed by atoms with E-state index in [0.717, 1.165) is 6.04 Å². The van der Waals surface area contributed by atoms with E-state index in [9.17, 15) is 0 Å². The summed E-state index contributed by atoms with van der Waals surface area (Å²) in [5, 5.41) is 0. The average Bonchev–Trinajstić information content (AvgIpc) is 2.46. The summed E-state index contributed by atoms with van der Waals surface area (Å²) in [6.07, 6.45) is 8.58. The average molecular weight is 243 g/mol. The van der Waals surface area contributed by atoms with Gasteiger partial charge in [0.2, 0.25) is 0 Å². The Labute approximate surface area is 112 Å². The molecule has 1 aliphatic heterocycles. The Morgan fingerprint density at radius 2 is 2.06 bits per heavy atom. The van der Waals surface area contributed by atoms with Crippen LogP contribution in [0.3, 0.4) is 0 Å². The zero-order chi connectivity index (χ0) is 12.8. The standard InChI is InChI=1S/C17H25N/c1-3-15-8-10-16(11-9-15)12-14-18-13-6-5-7-17(18)4-2/h3,8-11,17H,1,4-7,12-14H2,2H3. The fraction of sp³-hybridized carbons (Fsp3) is 0.529. The Hall–Kier alpha value is -1.08. The predicted molar refractivity (Wildman–Crippen MR) is 79.7 cm³/mol.